The average molecular weight is 1570 g/mol. The van der Waals surface area contributed by atoms with Gasteiger partial charge in [-0.05, 0) is 152 Å². The van der Waals surface area contributed by atoms with E-state index in [9.17, 15) is 40.7 Å². The number of halogens is 8. The highest BCUT2D eigenvalue weighted by molar-refractivity contribution is 6.01. The van der Waals surface area contributed by atoms with E-state index in [-0.39, 0.29) is 129 Å². The molecule has 0 aromatic rings. The minimum Gasteiger partial charge on any atom is -0.378 e. The van der Waals surface area contributed by atoms with Crippen molar-refractivity contribution in [1.82, 2.24) is 60.0 Å². The number of rotatable bonds is 12. The number of hydrogen-bond donors (Lipinski definition) is 3. The largest absolute Gasteiger partial charge is 0.397 e. The van der Waals surface area contributed by atoms with Gasteiger partial charge in [-0.15, -0.1) is 0 Å². The first-order chi connectivity index (χ1) is 51.8. The molecule has 8 rings (SSSR count). The number of carbonyl (C=O) groups excluding carboxylic acids is 12. The van der Waals surface area contributed by atoms with E-state index < -0.39 is 224 Å². The van der Waals surface area contributed by atoms with Gasteiger partial charge >= 0.3 is 12.4 Å². The Morgan fingerprint density at radius 3 is 1.76 bits per heavy atom. The summed E-state index contributed by atoms with van der Waals surface area (Å²) < 4.78 is 121. The minimum atomic E-state index is -5.20. The quantitative estimate of drug-likeness (QED) is 0.165. The van der Waals surface area contributed by atoms with Crippen molar-refractivity contribution in [2.75, 3.05) is 94.3 Å². The summed E-state index contributed by atoms with van der Waals surface area (Å²) in [6.07, 6.45) is -13.1. The van der Waals surface area contributed by atoms with E-state index in [1.165, 1.54) is 69.5 Å². The Morgan fingerprint density at radius 1 is 0.573 bits per heavy atom. The molecule has 12 amide bonds. The third-order valence-electron chi connectivity index (χ3n) is 25.1. The molecule has 0 aromatic carbocycles. The third kappa shape index (κ3) is 21.5. The molecule has 4 heterocycles. The molecular formula is C77H120F8N12O13. The first-order valence-corrected chi connectivity index (χ1v) is 40.2. The second kappa shape index (κ2) is 38.7. The number of carbonyl (C=O) groups is 12. The zero-order chi connectivity index (χ0) is 81.0. The third-order valence-corrected chi connectivity index (χ3v) is 25.1. The molecule has 25 nitrogen and oxygen atoms in total. The highest BCUT2D eigenvalue weighted by Crippen LogP contribution is 2.46. The first-order valence-electron chi connectivity index (χ1n) is 40.2. The normalized spacial score (nSPS) is 31.8. The van der Waals surface area contributed by atoms with E-state index in [1.807, 2.05) is 13.8 Å². The number of alkyl halides is 8. The summed E-state index contributed by atoms with van der Waals surface area (Å²) >= 11 is 0. The molecule has 622 valence electrons. The van der Waals surface area contributed by atoms with Crippen LogP contribution < -0.4 is 16.0 Å². The van der Waals surface area contributed by atoms with E-state index in [0.717, 1.165) is 9.80 Å². The molecule has 0 radical (unpaired) electrons. The fourth-order valence-corrected chi connectivity index (χ4v) is 18.4. The number of nitrogens with one attached hydrogen (secondary N) is 3. The van der Waals surface area contributed by atoms with E-state index in [4.69, 9.17) is 4.74 Å². The molecule has 33 heteroatoms. The molecule has 0 aromatic heterocycles. The lowest BCUT2D eigenvalue weighted by molar-refractivity contribution is -0.219. The van der Waals surface area contributed by atoms with Crippen molar-refractivity contribution in [3.8, 4) is 0 Å². The van der Waals surface area contributed by atoms with Gasteiger partial charge in [0.05, 0.1) is 38.6 Å². The highest BCUT2D eigenvalue weighted by Gasteiger charge is 2.56. The predicted octanol–water partition coefficient (Wildman–Crippen LogP) is 7.11. The summed E-state index contributed by atoms with van der Waals surface area (Å²) in [5, 5.41) is 8.57. The molecule has 4 saturated carbocycles. The maximum Gasteiger partial charge on any atom is 0.397 e. The predicted molar refractivity (Wildman–Crippen MR) is 388 cm³/mol. The van der Waals surface area contributed by atoms with Crippen molar-refractivity contribution in [2.45, 2.75) is 280 Å². The van der Waals surface area contributed by atoms with Crippen LogP contribution in [0.15, 0.2) is 0 Å². The van der Waals surface area contributed by atoms with Gasteiger partial charge in [-0.3, -0.25) is 57.5 Å². The molecule has 4 aliphatic carbocycles. The van der Waals surface area contributed by atoms with Gasteiger partial charge in [0.2, 0.25) is 70.9 Å². The average Bonchev–Trinajstić information content (AvgIpc) is 1.63. The van der Waals surface area contributed by atoms with Crippen LogP contribution in [-0.4, -0.2) is 288 Å². The molecule has 4 saturated heterocycles. The van der Waals surface area contributed by atoms with Crippen LogP contribution in [0.4, 0.5) is 35.1 Å². The minimum absolute atomic E-state index is 0.0175. The number of morpholine rings is 1. The summed E-state index contributed by atoms with van der Waals surface area (Å²) in [5.74, 6) is -16.3. The second-order valence-electron chi connectivity index (χ2n) is 33.1. The van der Waals surface area contributed by atoms with Crippen LogP contribution in [-0.2, 0) is 62.3 Å². The van der Waals surface area contributed by atoms with E-state index in [1.54, 1.807) is 20.8 Å². The van der Waals surface area contributed by atoms with Gasteiger partial charge in [0, 0.05) is 68.0 Å². The maximum absolute atomic E-state index is 15.8. The molecule has 8 aliphatic rings. The number of nitrogens with zero attached hydrogens (tertiary/aromatic N) is 9. The van der Waals surface area contributed by atoms with Crippen LogP contribution in [0.1, 0.15) is 202 Å². The smallest absolute Gasteiger partial charge is 0.378 e. The Kier molecular flexibility index (Phi) is 31.2. The van der Waals surface area contributed by atoms with Gasteiger partial charge in [-0.25, -0.2) is 8.78 Å². The first kappa shape index (κ1) is 88.6. The Hall–Kier alpha value is -6.96. The summed E-state index contributed by atoms with van der Waals surface area (Å²) in [7, 11) is 6.81. The van der Waals surface area contributed by atoms with Crippen LogP contribution in [0.2, 0.25) is 0 Å². The van der Waals surface area contributed by atoms with Crippen LogP contribution in [0, 0.1) is 41.4 Å². The molecule has 8 fully saturated rings. The summed E-state index contributed by atoms with van der Waals surface area (Å²) in [5.41, 5.74) is -1.67. The van der Waals surface area contributed by atoms with E-state index in [2.05, 4.69) is 16.0 Å². The maximum atomic E-state index is 15.8. The lowest BCUT2D eigenvalue weighted by Gasteiger charge is -2.42. The van der Waals surface area contributed by atoms with Gasteiger partial charge in [-0.2, -0.15) is 26.3 Å². The zero-order valence-corrected chi connectivity index (χ0v) is 65.9. The number of amides is 12. The fourth-order valence-electron chi connectivity index (χ4n) is 18.4. The van der Waals surface area contributed by atoms with E-state index in [0.29, 0.717) is 64.2 Å². The summed E-state index contributed by atoms with van der Waals surface area (Å²) in [6, 6.07) is -11.0. The lowest BCUT2D eigenvalue weighted by Crippen LogP contribution is -2.65. The number of fused-ring (bicyclic) bond motifs is 3. The van der Waals surface area contributed by atoms with E-state index >= 15 is 51.9 Å². The van der Waals surface area contributed by atoms with Gasteiger partial charge in [0.25, 0.3) is 0 Å². The molecular weight excluding hydrogens is 1450 g/mol. The number of ether oxygens (including phenoxy) is 1. The second-order valence-corrected chi connectivity index (χ2v) is 33.1. The summed E-state index contributed by atoms with van der Waals surface area (Å²) in [4.78, 5) is 194. The van der Waals surface area contributed by atoms with Crippen LogP contribution in [0.3, 0.4) is 0 Å². The molecule has 11 atom stereocenters. The van der Waals surface area contributed by atoms with Gasteiger partial charge in [-0.1, -0.05) is 72.6 Å². The molecule has 3 N–H and O–H groups in total. The van der Waals surface area contributed by atoms with Crippen molar-refractivity contribution in [3.05, 3.63) is 0 Å². The molecule has 1 spiro atoms. The topological polar surface area (TPSA) is 279 Å². The zero-order valence-electron chi connectivity index (χ0n) is 65.9. The van der Waals surface area contributed by atoms with Crippen LogP contribution >= 0.6 is 0 Å². The number of likely N-dealkylation sites (N-methyl/N-ethyl adjacent to an activating group) is 6. The highest BCUT2D eigenvalue weighted by atomic mass is 19.4. The molecule has 2 unspecified atom stereocenters. The monoisotopic (exact) mass is 1570 g/mol. The molecule has 2 bridgehead atoms. The van der Waals surface area contributed by atoms with Gasteiger partial charge < -0.3 is 64.8 Å². The van der Waals surface area contributed by atoms with Crippen molar-refractivity contribution in [1.29, 1.82) is 0 Å². The van der Waals surface area contributed by atoms with Crippen LogP contribution in [0.25, 0.3) is 0 Å². The SMILES string of the molecule is CC[C@H](C)[C@@H]1NC(=O)[C@H](CC(C)C)N(CC)C(=O)C[C@@H](C(=O)N2CCOCC2)N(C)C(=O)[C@H](C2CCCC2)N(C)C(=O)C2(CCCC2)NC(=O)[C@@H]2CCCN2C(=O)[C@H](CCC2CC(F)C(C(F)(F)F)C(F)C2)NC(=O)CN(C)C(=O)[C@H](CC2CCC(C(F)(F)F)CC2)N2CCCCC[C@@H](C2=O)N(C)C(=O)CN(C)C1=O. The fraction of sp³-hybridized carbons (Fsp3) is 0.844. The Labute approximate surface area is 641 Å². The molecule has 4 aliphatic heterocycles. The van der Waals surface area contributed by atoms with Gasteiger partial charge in [0.1, 0.15) is 72.1 Å². The van der Waals surface area contributed by atoms with Gasteiger partial charge in [0.15, 0.2) is 0 Å². The molecule has 110 heavy (non-hydrogen) atoms. The number of hydrogen-bond acceptors (Lipinski definition) is 13. The van der Waals surface area contributed by atoms with Crippen molar-refractivity contribution < 1.29 is 97.4 Å². The van der Waals surface area contributed by atoms with Crippen molar-refractivity contribution in [2.24, 2.45) is 41.4 Å². The lowest BCUT2D eigenvalue weighted by atomic mass is 9.76. The standard InChI is InChI=1S/C77H120F8N12O13/c1-11-47(5)64-72(107)90(7)45-62(100)91(8)56-23-14-13-19-33-97(71(56)106)59(42-48-25-28-51(29-26-48)76(80,81)82)69(104)89(6)44-60(98)86-54(30-27-49-40-52(78)63(53(79)41-49)77(83,84)85)68(103)96-34-20-24-55(96)67(102)88-75(31-17-18-32-75)74(109)93(10)65(50-21-15-16-22-50)73(108)92(9)58(70(105)94-35-37-110-38-36-94)43-61(99)95(12-2)57(39-46(3)4)66(101)87-64/h46-59,63-65H,11-45H2,1-10H3,(H,86,98)(H,87,101)(H,88,102)/t47-,48?,49?,51?,52?,53?,54-,55-,56-,57-,58-,59-,63?,64-,65-/m0/s1. The van der Waals surface area contributed by atoms with Crippen molar-refractivity contribution in [3.63, 3.8) is 0 Å². The Bertz CT molecular complexity index is 3220. The Balaban J connectivity index is 1.20. The Morgan fingerprint density at radius 2 is 1.17 bits per heavy atom. The van der Waals surface area contributed by atoms with Crippen molar-refractivity contribution >= 4 is 70.9 Å². The van der Waals surface area contributed by atoms with Crippen LogP contribution in [0.5, 0.6) is 0 Å². The summed E-state index contributed by atoms with van der Waals surface area (Å²) in [6.45, 7) is 7.71.